The minimum atomic E-state index is -3.73. The Kier molecular flexibility index (Phi) is 4.78. The maximum Gasteiger partial charge on any atom is 0.238 e. The van der Waals surface area contributed by atoms with Gasteiger partial charge in [0.2, 0.25) is 16.0 Å². The molecule has 23 heavy (non-hydrogen) atoms. The van der Waals surface area contributed by atoms with Crippen LogP contribution in [0.4, 0.5) is 5.69 Å². The van der Waals surface area contributed by atoms with Crippen molar-refractivity contribution in [3.8, 4) is 0 Å². The van der Waals surface area contributed by atoms with Crippen molar-refractivity contribution < 1.29 is 8.42 Å². The maximum atomic E-state index is 11.2. The molecule has 0 saturated carbocycles. The third-order valence-corrected chi connectivity index (χ3v) is 4.03. The van der Waals surface area contributed by atoms with Gasteiger partial charge < -0.3 is 10.6 Å². The predicted molar refractivity (Wildman–Crippen MR) is 92.0 cm³/mol. The van der Waals surface area contributed by atoms with E-state index in [-0.39, 0.29) is 16.0 Å². The van der Waals surface area contributed by atoms with Gasteiger partial charge in [-0.3, -0.25) is 5.41 Å². The molecular formula is C13H16N6O2S2. The van der Waals surface area contributed by atoms with E-state index in [0.29, 0.717) is 5.69 Å². The summed E-state index contributed by atoms with van der Waals surface area (Å²) in [6.07, 6.45) is 0. The summed E-state index contributed by atoms with van der Waals surface area (Å²) >= 11 is 5.12. The SMILES string of the molecule is Cc1cc(C)n(C(=N)NC(=S)Nc2ccc(S(N)(=O)=O)cc2)n1. The van der Waals surface area contributed by atoms with Gasteiger partial charge in [-0.2, -0.15) is 5.10 Å². The molecule has 0 amide bonds. The summed E-state index contributed by atoms with van der Waals surface area (Å²) in [5.41, 5.74) is 2.17. The first-order chi connectivity index (χ1) is 10.7. The molecule has 10 heteroatoms. The molecule has 5 N–H and O–H groups in total. The Morgan fingerprint density at radius 2 is 1.91 bits per heavy atom. The van der Waals surface area contributed by atoms with Crippen molar-refractivity contribution in [1.29, 1.82) is 5.41 Å². The summed E-state index contributed by atoms with van der Waals surface area (Å²) in [5, 5.41) is 22.9. The zero-order valence-corrected chi connectivity index (χ0v) is 14.1. The lowest BCUT2D eigenvalue weighted by molar-refractivity contribution is 0.598. The van der Waals surface area contributed by atoms with Crippen molar-refractivity contribution in [3.05, 3.63) is 41.7 Å². The van der Waals surface area contributed by atoms with E-state index in [9.17, 15) is 8.42 Å². The number of thiocarbonyl (C=S) groups is 1. The topological polar surface area (TPSA) is 126 Å². The Morgan fingerprint density at radius 1 is 1.30 bits per heavy atom. The van der Waals surface area contributed by atoms with E-state index in [1.165, 1.54) is 28.9 Å². The molecule has 1 heterocycles. The quantitative estimate of drug-likeness (QED) is 0.362. The number of benzene rings is 1. The maximum absolute atomic E-state index is 11.2. The van der Waals surface area contributed by atoms with Crippen molar-refractivity contribution in [2.75, 3.05) is 5.32 Å². The van der Waals surface area contributed by atoms with E-state index in [4.69, 9.17) is 22.8 Å². The van der Waals surface area contributed by atoms with Gasteiger partial charge in [-0.25, -0.2) is 18.2 Å². The molecule has 0 unspecified atom stereocenters. The average Bonchev–Trinajstić information content (AvgIpc) is 2.77. The predicted octanol–water partition coefficient (Wildman–Crippen LogP) is 0.917. The molecule has 0 atom stereocenters. The van der Waals surface area contributed by atoms with Crippen LogP contribution in [-0.4, -0.2) is 29.3 Å². The molecule has 122 valence electrons. The highest BCUT2D eigenvalue weighted by Gasteiger charge is 2.10. The zero-order valence-electron chi connectivity index (χ0n) is 12.5. The second-order valence-electron chi connectivity index (χ2n) is 4.84. The fraction of sp³-hybridized carbons (Fsp3) is 0.154. The number of sulfonamides is 1. The van der Waals surface area contributed by atoms with Crippen molar-refractivity contribution in [2.45, 2.75) is 18.7 Å². The van der Waals surface area contributed by atoms with Crippen LogP contribution in [0.1, 0.15) is 11.4 Å². The number of primary sulfonamides is 1. The van der Waals surface area contributed by atoms with Crippen LogP contribution in [0.25, 0.3) is 0 Å². The highest BCUT2D eigenvalue weighted by molar-refractivity contribution is 7.89. The molecular weight excluding hydrogens is 336 g/mol. The van der Waals surface area contributed by atoms with Gasteiger partial charge in [-0.15, -0.1) is 0 Å². The van der Waals surface area contributed by atoms with E-state index >= 15 is 0 Å². The molecule has 0 saturated heterocycles. The number of hydrogen-bond acceptors (Lipinski definition) is 5. The summed E-state index contributed by atoms with van der Waals surface area (Å²) in [5.74, 6) is 0.00857. The Bertz CT molecular complexity index is 855. The Hall–Kier alpha value is -2.30. The number of aromatic nitrogens is 2. The monoisotopic (exact) mass is 352 g/mol. The lowest BCUT2D eigenvalue weighted by atomic mass is 10.3. The molecule has 0 fully saturated rings. The van der Waals surface area contributed by atoms with Crippen LogP contribution in [-0.2, 0) is 10.0 Å². The van der Waals surface area contributed by atoms with Gasteiger partial charge in [0.25, 0.3) is 0 Å². The molecule has 0 radical (unpaired) electrons. The molecule has 8 nitrogen and oxygen atoms in total. The summed E-state index contributed by atoms with van der Waals surface area (Å²) in [6, 6.07) is 7.64. The molecule has 0 aliphatic rings. The van der Waals surface area contributed by atoms with Crippen molar-refractivity contribution in [3.63, 3.8) is 0 Å². The third kappa shape index (κ3) is 4.34. The number of nitrogens with one attached hydrogen (secondary N) is 3. The van der Waals surface area contributed by atoms with Gasteiger partial charge in [-0.05, 0) is 56.4 Å². The van der Waals surface area contributed by atoms with E-state index in [1.807, 2.05) is 19.9 Å². The fourth-order valence-corrected chi connectivity index (χ4v) is 2.64. The minimum Gasteiger partial charge on any atom is -0.332 e. The molecule has 1 aromatic carbocycles. The smallest absolute Gasteiger partial charge is 0.238 e. The average molecular weight is 352 g/mol. The number of nitrogens with zero attached hydrogens (tertiary/aromatic N) is 2. The van der Waals surface area contributed by atoms with E-state index in [0.717, 1.165) is 11.4 Å². The molecule has 1 aromatic heterocycles. The van der Waals surface area contributed by atoms with Gasteiger partial charge in [0, 0.05) is 11.4 Å². The van der Waals surface area contributed by atoms with Crippen molar-refractivity contribution >= 4 is 39.0 Å². The molecule has 2 rings (SSSR count). The minimum absolute atomic E-state index is 0.00857. The third-order valence-electron chi connectivity index (χ3n) is 2.89. The van der Waals surface area contributed by atoms with Crippen LogP contribution in [0.15, 0.2) is 35.2 Å². The Balaban J connectivity index is 2.02. The van der Waals surface area contributed by atoms with Gasteiger partial charge >= 0.3 is 0 Å². The number of rotatable bonds is 2. The van der Waals surface area contributed by atoms with Gasteiger partial charge in [-0.1, -0.05) is 0 Å². The van der Waals surface area contributed by atoms with Gasteiger partial charge in [0.15, 0.2) is 5.11 Å². The second kappa shape index (κ2) is 6.44. The first-order valence-corrected chi connectivity index (χ1v) is 8.45. The lowest BCUT2D eigenvalue weighted by Gasteiger charge is -2.12. The number of nitrogens with two attached hydrogens (primary N) is 1. The number of hydrogen-bond donors (Lipinski definition) is 4. The van der Waals surface area contributed by atoms with E-state index in [2.05, 4.69) is 15.7 Å². The highest BCUT2D eigenvalue weighted by Crippen LogP contribution is 2.12. The first kappa shape index (κ1) is 17.1. The second-order valence-corrected chi connectivity index (χ2v) is 6.81. The standard InChI is InChI=1S/C13H16N6O2S2/c1-8-7-9(2)19(18-8)12(14)17-13(22)16-10-3-5-11(6-4-10)23(15,20)21/h3-7H,1-2H3,(H2,15,20,21)(H3,14,16,17,22). The Morgan fingerprint density at radius 3 is 2.39 bits per heavy atom. The molecule has 0 aliphatic carbocycles. The molecule has 2 aromatic rings. The normalized spacial score (nSPS) is 11.1. The first-order valence-electron chi connectivity index (χ1n) is 6.50. The van der Waals surface area contributed by atoms with Crippen molar-refractivity contribution in [2.24, 2.45) is 5.14 Å². The Labute approximate surface area is 139 Å². The van der Waals surface area contributed by atoms with Crippen LogP contribution >= 0.6 is 12.2 Å². The molecule has 0 aliphatic heterocycles. The summed E-state index contributed by atoms with van der Waals surface area (Å²) in [6.45, 7) is 3.67. The number of anilines is 1. The van der Waals surface area contributed by atoms with Crippen LogP contribution in [0.5, 0.6) is 0 Å². The van der Waals surface area contributed by atoms with Gasteiger partial charge in [0.05, 0.1) is 10.6 Å². The molecule has 0 bridgehead atoms. The summed E-state index contributed by atoms with van der Waals surface area (Å²) in [4.78, 5) is 0.0114. The lowest BCUT2D eigenvalue weighted by Crippen LogP contribution is -2.38. The summed E-state index contributed by atoms with van der Waals surface area (Å²) < 4.78 is 23.8. The largest absolute Gasteiger partial charge is 0.332 e. The zero-order chi connectivity index (χ0) is 17.2. The van der Waals surface area contributed by atoms with Crippen LogP contribution in [0.2, 0.25) is 0 Å². The van der Waals surface area contributed by atoms with E-state index in [1.54, 1.807) is 0 Å². The fourth-order valence-electron chi connectivity index (χ4n) is 1.91. The van der Waals surface area contributed by atoms with Crippen LogP contribution in [0, 0.1) is 19.3 Å². The van der Waals surface area contributed by atoms with Crippen LogP contribution < -0.4 is 15.8 Å². The van der Waals surface area contributed by atoms with E-state index < -0.39 is 10.0 Å². The van der Waals surface area contributed by atoms with Crippen LogP contribution in [0.3, 0.4) is 0 Å². The van der Waals surface area contributed by atoms with Crippen molar-refractivity contribution in [1.82, 2.24) is 15.1 Å². The molecule has 0 spiro atoms. The summed E-state index contributed by atoms with van der Waals surface area (Å²) in [7, 11) is -3.73. The number of aryl methyl sites for hydroxylation is 2. The van der Waals surface area contributed by atoms with Gasteiger partial charge in [0.1, 0.15) is 0 Å². The highest BCUT2D eigenvalue weighted by atomic mass is 32.2.